The van der Waals surface area contributed by atoms with Crippen molar-refractivity contribution in [2.75, 3.05) is 6.61 Å². The van der Waals surface area contributed by atoms with Crippen molar-refractivity contribution in [3.05, 3.63) is 33.8 Å². The molecule has 0 aliphatic carbocycles. The molecule has 13 heavy (non-hydrogen) atoms. The lowest BCUT2D eigenvalue weighted by Gasteiger charge is -2.11. The van der Waals surface area contributed by atoms with Gasteiger partial charge in [-0.25, -0.2) is 0 Å². The fourth-order valence-corrected chi connectivity index (χ4v) is 1.65. The van der Waals surface area contributed by atoms with Gasteiger partial charge in [0.25, 0.3) is 0 Å². The summed E-state index contributed by atoms with van der Waals surface area (Å²) in [6, 6.07) is 4.94. The summed E-state index contributed by atoms with van der Waals surface area (Å²) >= 11 is 11.6. The molecule has 3 N–H and O–H groups in total. The Morgan fingerprint density at radius 1 is 1.38 bits per heavy atom. The van der Waals surface area contributed by atoms with E-state index in [4.69, 9.17) is 34.0 Å². The number of rotatable bonds is 3. The Labute approximate surface area is 87.3 Å². The smallest absolute Gasteiger partial charge is 0.0468 e. The summed E-state index contributed by atoms with van der Waals surface area (Å²) < 4.78 is 0. The molecule has 72 valence electrons. The predicted molar refractivity (Wildman–Crippen MR) is 55.1 cm³/mol. The van der Waals surface area contributed by atoms with Crippen LogP contribution in [0.3, 0.4) is 0 Å². The zero-order chi connectivity index (χ0) is 9.84. The highest BCUT2D eigenvalue weighted by Gasteiger charge is 2.09. The Balaban J connectivity index is 2.88. The van der Waals surface area contributed by atoms with E-state index >= 15 is 0 Å². The van der Waals surface area contributed by atoms with Crippen LogP contribution in [-0.2, 0) is 0 Å². The first kappa shape index (κ1) is 10.8. The van der Waals surface area contributed by atoms with Crippen LogP contribution in [0.2, 0.25) is 10.0 Å². The molecular formula is C9H11Cl2NO. The standard InChI is InChI=1S/C9H11Cl2NO/c10-6-1-2-7(8(11)5-6)9(12)3-4-13/h1-2,5,9,13H,3-4,12H2. The number of aliphatic hydroxyl groups excluding tert-OH is 1. The average molecular weight is 220 g/mol. The quantitative estimate of drug-likeness (QED) is 0.821. The summed E-state index contributed by atoms with van der Waals surface area (Å²) in [5, 5.41) is 9.83. The van der Waals surface area contributed by atoms with Crippen molar-refractivity contribution in [1.29, 1.82) is 0 Å². The molecule has 0 saturated heterocycles. The molecule has 0 spiro atoms. The number of benzene rings is 1. The molecule has 0 radical (unpaired) electrons. The zero-order valence-corrected chi connectivity index (χ0v) is 8.52. The van der Waals surface area contributed by atoms with Crippen LogP contribution in [0.1, 0.15) is 18.0 Å². The molecule has 1 aromatic carbocycles. The lowest BCUT2D eigenvalue weighted by atomic mass is 10.1. The van der Waals surface area contributed by atoms with Gasteiger partial charge in [0.1, 0.15) is 0 Å². The molecule has 0 bridgehead atoms. The summed E-state index contributed by atoms with van der Waals surface area (Å²) in [6.07, 6.45) is 0.501. The van der Waals surface area contributed by atoms with Gasteiger partial charge in [-0.1, -0.05) is 29.3 Å². The summed E-state index contributed by atoms with van der Waals surface area (Å²) in [4.78, 5) is 0. The van der Waals surface area contributed by atoms with Gasteiger partial charge in [0.15, 0.2) is 0 Å². The normalized spacial score (nSPS) is 12.9. The van der Waals surface area contributed by atoms with Crippen molar-refractivity contribution < 1.29 is 5.11 Å². The molecule has 1 aromatic rings. The molecule has 0 fully saturated rings. The van der Waals surface area contributed by atoms with E-state index in [9.17, 15) is 0 Å². The Morgan fingerprint density at radius 3 is 2.62 bits per heavy atom. The third-order valence-electron chi connectivity index (χ3n) is 1.80. The zero-order valence-electron chi connectivity index (χ0n) is 7.00. The van der Waals surface area contributed by atoms with Crippen molar-refractivity contribution in [2.45, 2.75) is 12.5 Å². The molecule has 1 unspecified atom stereocenters. The Bertz CT molecular complexity index is 291. The van der Waals surface area contributed by atoms with Crippen molar-refractivity contribution >= 4 is 23.2 Å². The summed E-state index contributed by atoms with van der Waals surface area (Å²) in [6.45, 7) is 0.0557. The first-order valence-corrected chi connectivity index (χ1v) is 4.72. The highest BCUT2D eigenvalue weighted by molar-refractivity contribution is 6.35. The molecule has 1 rings (SSSR count). The van der Waals surface area contributed by atoms with Gasteiger partial charge in [0.2, 0.25) is 0 Å². The maximum Gasteiger partial charge on any atom is 0.0468 e. The van der Waals surface area contributed by atoms with Crippen LogP contribution in [-0.4, -0.2) is 11.7 Å². The SMILES string of the molecule is NC(CCO)c1ccc(Cl)cc1Cl. The minimum atomic E-state index is -0.227. The maximum absolute atomic E-state index is 8.69. The Kier molecular flexibility index (Phi) is 4.00. The van der Waals surface area contributed by atoms with Crippen LogP contribution >= 0.6 is 23.2 Å². The van der Waals surface area contributed by atoms with Crippen molar-refractivity contribution in [2.24, 2.45) is 5.73 Å². The molecule has 0 amide bonds. The van der Waals surface area contributed by atoms with Crippen molar-refractivity contribution in [1.82, 2.24) is 0 Å². The van der Waals surface area contributed by atoms with Gasteiger partial charge in [-0.2, -0.15) is 0 Å². The molecule has 4 heteroatoms. The van der Waals surface area contributed by atoms with Crippen LogP contribution in [0.5, 0.6) is 0 Å². The molecule has 0 aliphatic rings. The van der Waals surface area contributed by atoms with Gasteiger partial charge in [-0.3, -0.25) is 0 Å². The number of aliphatic hydroxyl groups is 1. The largest absolute Gasteiger partial charge is 0.396 e. The van der Waals surface area contributed by atoms with Gasteiger partial charge in [0, 0.05) is 22.7 Å². The van der Waals surface area contributed by atoms with E-state index in [1.807, 2.05) is 0 Å². The van der Waals surface area contributed by atoms with Crippen LogP contribution in [0.15, 0.2) is 18.2 Å². The van der Waals surface area contributed by atoms with Crippen LogP contribution < -0.4 is 5.73 Å². The first-order valence-electron chi connectivity index (χ1n) is 3.96. The van der Waals surface area contributed by atoms with E-state index in [1.165, 1.54) is 0 Å². The topological polar surface area (TPSA) is 46.2 Å². The lowest BCUT2D eigenvalue weighted by molar-refractivity contribution is 0.276. The molecule has 0 heterocycles. The molecule has 0 saturated carbocycles. The molecule has 2 nitrogen and oxygen atoms in total. The van der Waals surface area contributed by atoms with Gasteiger partial charge in [0.05, 0.1) is 0 Å². The van der Waals surface area contributed by atoms with Crippen LogP contribution in [0, 0.1) is 0 Å². The minimum absolute atomic E-state index is 0.0557. The van der Waals surface area contributed by atoms with Crippen LogP contribution in [0.4, 0.5) is 0 Å². The third-order valence-corrected chi connectivity index (χ3v) is 2.36. The lowest BCUT2D eigenvalue weighted by Crippen LogP contribution is -2.12. The van der Waals surface area contributed by atoms with Gasteiger partial charge in [-0.15, -0.1) is 0 Å². The van der Waals surface area contributed by atoms with E-state index in [1.54, 1.807) is 18.2 Å². The third kappa shape index (κ3) is 2.85. The maximum atomic E-state index is 8.69. The van der Waals surface area contributed by atoms with Crippen molar-refractivity contribution in [3.8, 4) is 0 Å². The fraction of sp³-hybridized carbons (Fsp3) is 0.333. The van der Waals surface area contributed by atoms with Gasteiger partial charge >= 0.3 is 0 Å². The highest BCUT2D eigenvalue weighted by Crippen LogP contribution is 2.26. The summed E-state index contributed by atoms with van der Waals surface area (Å²) in [5.41, 5.74) is 6.59. The average Bonchev–Trinajstić information content (AvgIpc) is 2.04. The minimum Gasteiger partial charge on any atom is -0.396 e. The summed E-state index contributed by atoms with van der Waals surface area (Å²) in [5.74, 6) is 0. The van der Waals surface area contributed by atoms with E-state index in [-0.39, 0.29) is 12.6 Å². The molecule has 0 aromatic heterocycles. The Morgan fingerprint density at radius 2 is 2.08 bits per heavy atom. The van der Waals surface area contributed by atoms with E-state index < -0.39 is 0 Å². The number of halogens is 2. The predicted octanol–water partition coefficient (Wildman–Crippen LogP) is 2.38. The number of hydrogen-bond acceptors (Lipinski definition) is 2. The van der Waals surface area contributed by atoms with Crippen molar-refractivity contribution in [3.63, 3.8) is 0 Å². The van der Waals surface area contributed by atoms with E-state index in [0.29, 0.717) is 16.5 Å². The van der Waals surface area contributed by atoms with E-state index in [2.05, 4.69) is 0 Å². The van der Waals surface area contributed by atoms with Gasteiger partial charge < -0.3 is 10.8 Å². The van der Waals surface area contributed by atoms with Gasteiger partial charge in [-0.05, 0) is 24.1 Å². The van der Waals surface area contributed by atoms with E-state index in [0.717, 1.165) is 5.56 Å². The summed E-state index contributed by atoms with van der Waals surface area (Å²) in [7, 11) is 0. The second-order valence-electron chi connectivity index (χ2n) is 2.78. The molecule has 1 atom stereocenters. The molecule has 0 aliphatic heterocycles. The van der Waals surface area contributed by atoms with Crippen LogP contribution in [0.25, 0.3) is 0 Å². The first-order chi connectivity index (χ1) is 6.15. The monoisotopic (exact) mass is 219 g/mol. The second kappa shape index (κ2) is 4.82. The fourth-order valence-electron chi connectivity index (χ4n) is 1.10. The second-order valence-corrected chi connectivity index (χ2v) is 3.63. The number of hydrogen-bond donors (Lipinski definition) is 2. The molecular weight excluding hydrogens is 209 g/mol. The highest BCUT2D eigenvalue weighted by atomic mass is 35.5. The number of nitrogens with two attached hydrogens (primary N) is 1. The Hall–Kier alpha value is -0.280.